The van der Waals surface area contributed by atoms with Crippen molar-refractivity contribution in [2.75, 3.05) is 0 Å². The first-order chi connectivity index (χ1) is 6.22. The number of nitrogens with zero attached hydrogens (tertiary/aromatic N) is 1. The van der Waals surface area contributed by atoms with E-state index in [9.17, 15) is 0 Å². The van der Waals surface area contributed by atoms with Crippen molar-refractivity contribution in [3.05, 3.63) is 47.8 Å². The van der Waals surface area contributed by atoms with Crippen LogP contribution in [0.25, 0.3) is 6.08 Å². The molecule has 1 heterocycles. The van der Waals surface area contributed by atoms with Crippen LogP contribution in [-0.2, 0) is 7.05 Å². The van der Waals surface area contributed by atoms with Gasteiger partial charge in [0.25, 0.3) is 0 Å². The molecule has 0 bridgehead atoms. The van der Waals surface area contributed by atoms with E-state index in [4.69, 9.17) is 0 Å². The monoisotopic (exact) mass is 174 g/mol. The van der Waals surface area contributed by atoms with Crippen LogP contribution in [0.15, 0.2) is 42.3 Å². The zero-order valence-electron chi connectivity index (χ0n) is 8.49. The van der Waals surface area contributed by atoms with Gasteiger partial charge >= 0.3 is 0 Å². The second kappa shape index (κ2) is 4.61. The lowest BCUT2D eigenvalue weighted by atomic mass is 10.2. The van der Waals surface area contributed by atoms with Crippen molar-refractivity contribution in [1.82, 2.24) is 0 Å². The van der Waals surface area contributed by atoms with E-state index in [2.05, 4.69) is 37.3 Å². The normalized spacial score (nSPS) is 12.4. The molecule has 0 amide bonds. The summed E-state index contributed by atoms with van der Waals surface area (Å²) in [7, 11) is 2.02. The Morgan fingerprint density at radius 3 is 2.46 bits per heavy atom. The average molecular weight is 174 g/mol. The molecule has 0 N–H and O–H groups in total. The van der Waals surface area contributed by atoms with Gasteiger partial charge in [-0.1, -0.05) is 23.8 Å². The SMILES string of the molecule is CC=C(C)C=Cc1cc[n+](C)cc1. The van der Waals surface area contributed by atoms with E-state index in [1.54, 1.807) is 0 Å². The lowest BCUT2D eigenvalue weighted by molar-refractivity contribution is -0.671. The summed E-state index contributed by atoms with van der Waals surface area (Å²) in [6, 6.07) is 4.19. The van der Waals surface area contributed by atoms with E-state index in [0.717, 1.165) is 0 Å². The van der Waals surface area contributed by atoms with Gasteiger partial charge in [0.05, 0.1) is 0 Å². The molecule has 0 saturated carbocycles. The van der Waals surface area contributed by atoms with Crippen molar-refractivity contribution in [3.63, 3.8) is 0 Å². The Kier molecular flexibility index (Phi) is 3.44. The molecule has 0 aromatic carbocycles. The summed E-state index contributed by atoms with van der Waals surface area (Å²) in [5.74, 6) is 0. The minimum Gasteiger partial charge on any atom is -0.208 e. The number of pyridine rings is 1. The first-order valence-electron chi connectivity index (χ1n) is 4.48. The van der Waals surface area contributed by atoms with Crippen LogP contribution in [0.1, 0.15) is 19.4 Å². The Morgan fingerprint density at radius 2 is 1.92 bits per heavy atom. The Labute approximate surface area is 80.0 Å². The van der Waals surface area contributed by atoms with Gasteiger partial charge in [0.15, 0.2) is 12.4 Å². The quantitative estimate of drug-likeness (QED) is 0.479. The van der Waals surface area contributed by atoms with Crippen molar-refractivity contribution >= 4 is 6.08 Å². The molecule has 0 spiro atoms. The van der Waals surface area contributed by atoms with Crippen LogP contribution >= 0.6 is 0 Å². The van der Waals surface area contributed by atoms with Crippen LogP contribution in [0.2, 0.25) is 0 Å². The second-order valence-electron chi connectivity index (χ2n) is 3.16. The van der Waals surface area contributed by atoms with E-state index in [1.807, 2.05) is 30.9 Å². The third-order valence-electron chi connectivity index (χ3n) is 2.00. The van der Waals surface area contributed by atoms with Crippen molar-refractivity contribution in [2.24, 2.45) is 7.05 Å². The summed E-state index contributed by atoms with van der Waals surface area (Å²) >= 11 is 0. The number of allylic oxidation sites excluding steroid dienone is 3. The Morgan fingerprint density at radius 1 is 1.31 bits per heavy atom. The average Bonchev–Trinajstić information content (AvgIpc) is 2.16. The third-order valence-corrected chi connectivity index (χ3v) is 2.00. The van der Waals surface area contributed by atoms with E-state index in [1.165, 1.54) is 11.1 Å². The van der Waals surface area contributed by atoms with Crippen molar-refractivity contribution in [2.45, 2.75) is 13.8 Å². The van der Waals surface area contributed by atoms with Crippen LogP contribution in [0, 0.1) is 0 Å². The van der Waals surface area contributed by atoms with Gasteiger partial charge in [0.1, 0.15) is 7.05 Å². The molecule has 1 aromatic heterocycles. The van der Waals surface area contributed by atoms with Crippen molar-refractivity contribution < 1.29 is 4.57 Å². The van der Waals surface area contributed by atoms with Gasteiger partial charge < -0.3 is 0 Å². The number of hydrogen-bond acceptors (Lipinski definition) is 0. The first kappa shape index (κ1) is 9.72. The number of hydrogen-bond donors (Lipinski definition) is 0. The summed E-state index contributed by atoms with van der Waals surface area (Å²) in [6.07, 6.45) is 10.4. The molecule has 0 aliphatic carbocycles. The molecule has 0 unspecified atom stereocenters. The standard InChI is InChI=1S/C12H16N/c1-4-11(2)5-6-12-7-9-13(3)10-8-12/h4-10H,1-3H3/q+1. The number of rotatable bonds is 2. The van der Waals surface area contributed by atoms with E-state index in [-0.39, 0.29) is 0 Å². The van der Waals surface area contributed by atoms with E-state index in [0.29, 0.717) is 0 Å². The second-order valence-corrected chi connectivity index (χ2v) is 3.16. The molecule has 1 nitrogen and oxygen atoms in total. The summed E-state index contributed by atoms with van der Waals surface area (Å²) in [5, 5.41) is 0. The predicted octanol–water partition coefficient (Wildman–Crippen LogP) is 2.49. The zero-order chi connectivity index (χ0) is 9.68. The van der Waals surface area contributed by atoms with Crippen LogP contribution in [0.5, 0.6) is 0 Å². The van der Waals surface area contributed by atoms with Crippen LogP contribution in [0.4, 0.5) is 0 Å². The molecule has 0 fully saturated rings. The van der Waals surface area contributed by atoms with Gasteiger partial charge in [-0.25, -0.2) is 4.57 Å². The topological polar surface area (TPSA) is 3.88 Å². The fraction of sp³-hybridized carbons (Fsp3) is 0.250. The summed E-state index contributed by atoms with van der Waals surface area (Å²) in [5.41, 5.74) is 2.52. The Bertz CT molecular complexity index is 317. The van der Waals surface area contributed by atoms with Crippen LogP contribution in [0.3, 0.4) is 0 Å². The minimum absolute atomic E-state index is 1.24. The van der Waals surface area contributed by atoms with Gasteiger partial charge in [-0.05, 0) is 19.4 Å². The number of aromatic nitrogens is 1. The highest BCUT2D eigenvalue weighted by molar-refractivity contribution is 5.51. The summed E-state index contributed by atoms with van der Waals surface area (Å²) in [4.78, 5) is 0. The number of aryl methyl sites for hydroxylation is 1. The maximum atomic E-state index is 2.12. The van der Waals surface area contributed by atoms with Gasteiger partial charge in [-0.15, -0.1) is 0 Å². The van der Waals surface area contributed by atoms with E-state index < -0.39 is 0 Å². The molecule has 13 heavy (non-hydrogen) atoms. The van der Waals surface area contributed by atoms with Gasteiger partial charge in [0.2, 0.25) is 0 Å². The highest BCUT2D eigenvalue weighted by Crippen LogP contribution is 2.02. The largest absolute Gasteiger partial charge is 0.208 e. The lowest BCUT2D eigenvalue weighted by Gasteiger charge is -1.91. The van der Waals surface area contributed by atoms with Crippen LogP contribution in [-0.4, -0.2) is 0 Å². The molecule has 0 aliphatic rings. The molecular formula is C12H16N+. The summed E-state index contributed by atoms with van der Waals surface area (Å²) < 4.78 is 2.03. The van der Waals surface area contributed by atoms with Gasteiger partial charge in [0, 0.05) is 12.1 Å². The smallest absolute Gasteiger partial charge is 0.169 e. The molecule has 1 heteroatoms. The fourth-order valence-electron chi connectivity index (χ4n) is 0.948. The zero-order valence-corrected chi connectivity index (χ0v) is 8.49. The van der Waals surface area contributed by atoms with Crippen molar-refractivity contribution in [1.29, 1.82) is 0 Å². The third kappa shape index (κ3) is 3.24. The van der Waals surface area contributed by atoms with E-state index >= 15 is 0 Å². The molecule has 0 aliphatic heterocycles. The fourth-order valence-corrected chi connectivity index (χ4v) is 0.948. The molecule has 1 aromatic rings. The van der Waals surface area contributed by atoms with Crippen LogP contribution < -0.4 is 4.57 Å². The van der Waals surface area contributed by atoms with Crippen molar-refractivity contribution in [3.8, 4) is 0 Å². The molecule has 1 rings (SSSR count). The first-order valence-corrected chi connectivity index (χ1v) is 4.48. The predicted molar refractivity (Wildman–Crippen MR) is 56.1 cm³/mol. The highest BCUT2D eigenvalue weighted by atomic mass is 14.9. The maximum Gasteiger partial charge on any atom is 0.169 e. The molecule has 0 radical (unpaired) electrons. The highest BCUT2D eigenvalue weighted by Gasteiger charge is 1.90. The maximum absolute atomic E-state index is 2.12. The molecule has 0 saturated heterocycles. The Hall–Kier alpha value is -1.37. The minimum atomic E-state index is 1.24. The molecule has 0 atom stereocenters. The van der Waals surface area contributed by atoms with Gasteiger partial charge in [-0.2, -0.15) is 0 Å². The summed E-state index contributed by atoms with van der Waals surface area (Å²) in [6.45, 7) is 4.14. The van der Waals surface area contributed by atoms with Gasteiger partial charge in [-0.3, -0.25) is 0 Å². The molecular weight excluding hydrogens is 158 g/mol. The molecule has 68 valence electrons. The lowest BCUT2D eigenvalue weighted by Crippen LogP contribution is -2.25. The Balaban J connectivity index is 2.75.